The molecule has 0 N–H and O–H groups in total. The third kappa shape index (κ3) is 3.61. The van der Waals surface area contributed by atoms with Gasteiger partial charge in [-0.25, -0.2) is 0 Å². The molecule has 0 aliphatic heterocycles. The fraction of sp³-hybridized carbons (Fsp3) is 0. The lowest BCUT2D eigenvalue weighted by molar-refractivity contribution is 0.669. The van der Waals surface area contributed by atoms with E-state index in [1.54, 1.807) is 0 Å². The van der Waals surface area contributed by atoms with Gasteiger partial charge < -0.3 is 9.32 Å². The van der Waals surface area contributed by atoms with Crippen LogP contribution in [0.15, 0.2) is 130 Å². The summed E-state index contributed by atoms with van der Waals surface area (Å²) < 4.78 is 7.43. The van der Waals surface area contributed by atoms with E-state index in [0.29, 0.717) is 0 Å². The first-order valence-corrected chi connectivity index (χ1v) is 11.7. The Morgan fingerprint density at radius 3 is 1.97 bits per heavy atom. The quantitative estimate of drug-likeness (QED) is 0.245. The van der Waals surface area contributed by atoms with Crippen LogP contribution in [0, 0.1) is 0 Å². The maximum atomic E-state index is 6.39. The van der Waals surface area contributed by atoms with Crippen LogP contribution in [-0.4, -0.2) is 0 Å². The van der Waals surface area contributed by atoms with Gasteiger partial charge in [-0.1, -0.05) is 88.7 Å². The molecule has 0 saturated heterocycles. The predicted octanol–water partition coefficient (Wildman–Crippen LogP) is 9.49. The fourth-order valence-electron chi connectivity index (χ4n) is 4.37. The zero-order chi connectivity index (χ0) is 22.2. The molecule has 0 bridgehead atoms. The Hall–Kier alpha value is -3.82. The van der Waals surface area contributed by atoms with Crippen molar-refractivity contribution < 1.29 is 4.42 Å². The second-order valence-electron chi connectivity index (χ2n) is 7.98. The summed E-state index contributed by atoms with van der Waals surface area (Å²) in [6.45, 7) is 0. The first-order chi connectivity index (χ1) is 16.3. The topological polar surface area (TPSA) is 16.4 Å². The maximum absolute atomic E-state index is 6.39. The van der Waals surface area contributed by atoms with Crippen LogP contribution >= 0.6 is 15.9 Å². The lowest BCUT2D eigenvalue weighted by Crippen LogP contribution is -2.10. The van der Waals surface area contributed by atoms with E-state index in [2.05, 4.69) is 118 Å². The number of anilines is 3. The van der Waals surface area contributed by atoms with Crippen molar-refractivity contribution in [2.24, 2.45) is 0 Å². The number of halogens is 1. The summed E-state index contributed by atoms with van der Waals surface area (Å²) in [6, 6.07) is 42.1. The number of para-hydroxylation sites is 2. The van der Waals surface area contributed by atoms with Crippen molar-refractivity contribution in [3.8, 4) is 11.1 Å². The number of fused-ring (bicyclic) bond motifs is 3. The first kappa shape index (κ1) is 19.8. The fourth-order valence-corrected chi connectivity index (χ4v) is 4.73. The Bertz CT molecular complexity index is 1550. The van der Waals surface area contributed by atoms with Crippen molar-refractivity contribution in [3.63, 3.8) is 0 Å². The van der Waals surface area contributed by atoms with E-state index in [1.165, 1.54) is 11.1 Å². The molecule has 33 heavy (non-hydrogen) atoms. The maximum Gasteiger partial charge on any atom is 0.159 e. The molecule has 0 unspecified atom stereocenters. The van der Waals surface area contributed by atoms with E-state index < -0.39 is 0 Å². The number of rotatable bonds is 4. The zero-order valence-corrected chi connectivity index (χ0v) is 19.4. The second kappa shape index (κ2) is 8.27. The van der Waals surface area contributed by atoms with E-state index in [-0.39, 0.29) is 0 Å². The molecule has 0 aliphatic rings. The van der Waals surface area contributed by atoms with Crippen LogP contribution < -0.4 is 4.90 Å². The molecule has 0 saturated carbocycles. The predicted molar refractivity (Wildman–Crippen MR) is 142 cm³/mol. The number of nitrogens with zero attached hydrogens (tertiary/aromatic N) is 1. The Labute approximate surface area is 200 Å². The molecular weight excluding hydrogens is 470 g/mol. The summed E-state index contributed by atoms with van der Waals surface area (Å²) in [5.74, 6) is 0. The van der Waals surface area contributed by atoms with Gasteiger partial charge >= 0.3 is 0 Å². The van der Waals surface area contributed by atoms with Crippen LogP contribution in [0.5, 0.6) is 0 Å². The van der Waals surface area contributed by atoms with E-state index >= 15 is 0 Å². The minimum Gasteiger partial charge on any atom is -0.454 e. The Balaban J connectivity index is 1.54. The summed E-state index contributed by atoms with van der Waals surface area (Å²) in [5, 5.41) is 2.21. The number of benzene rings is 5. The van der Waals surface area contributed by atoms with Gasteiger partial charge in [-0.15, -0.1) is 0 Å². The van der Waals surface area contributed by atoms with Crippen LogP contribution in [0.1, 0.15) is 0 Å². The van der Waals surface area contributed by atoms with E-state index in [0.717, 1.165) is 43.5 Å². The highest BCUT2D eigenvalue weighted by atomic mass is 79.9. The largest absolute Gasteiger partial charge is 0.454 e. The van der Waals surface area contributed by atoms with Crippen molar-refractivity contribution in [1.82, 2.24) is 0 Å². The minimum absolute atomic E-state index is 0.876. The SMILES string of the molecule is Brc1ccc2oc3c(N(c4ccccc4)c4ccc(-c5ccccc5)cc4)cccc3c2c1. The molecular formula is C30H20BrNO. The smallest absolute Gasteiger partial charge is 0.159 e. The summed E-state index contributed by atoms with van der Waals surface area (Å²) >= 11 is 3.60. The van der Waals surface area contributed by atoms with Gasteiger partial charge in [0.2, 0.25) is 0 Å². The average Bonchev–Trinajstić information content (AvgIpc) is 3.25. The standard InChI is InChI=1S/C30H20BrNO/c31-23-16-19-29-27(20-23)26-12-7-13-28(30(26)33-29)32(24-10-5-2-6-11-24)25-17-14-22(15-18-25)21-8-3-1-4-9-21/h1-20H. The third-order valence-electron chi connectivity index (χ3n) is 5.93. The molecule has 1 heterocycles. The number of hydrogen-bond donors (Lipinski definition) is 0. The van der Waals surface area contributed by atoms with E-state index in [9.17, 15) is 0 Å². The van der Waals surface area contributed by atoms with Gasteiger partial charge in [0.1, 0.15) is 5.58 Å². The highest BCUT2D eigenvalue weighted by molar-refractivity contribution is 9.10. The molecule has 0 aliphatic carbocycles. The number of furan rings is 1. The van der Waals surface area contributed by atoms with Crippen molar-refractivity contribution in [3.05, 3.63) is 126 Å². The van der Waals surface area contributed by atoms with Crippen LogP contribution in [0.3, 0.4) is 0 Å². The number of hydrogen-bond acceptors (Lipinski definition) is 2. The van der Waals surface area contributed by atoms with Crippen molar-refractivity contribution in [2.45, 2.75) is 0 Å². The van der Waals surface area contributed by atoms with Gasteiger partial charge in [0.05, 0.1) is 5.69 Å². The normalized spacial score (nSPS) is 11.2. The van der Waals surface area contributed by atoms with Crippen LogP contribution in [0.2, 0.25) is 0 Å². The average molecular weight is 490 g/mol. The summed E-state index contributed by atoms with van der Waals surface area (Å²) in [4.78, 5) is 2.26. The molecule has 2 nitrogen and oxygen atoms in total. The highest BCUT2D eigenvalue weighted by Gasteiger charge is 2.19. The van der Waals surface area contributed by atoms with E-state index in [4.69, 9.17) is 4.42 Å². The highest BCUT2D eigenvalue weighted by Crippen LogP contribution is 2.42. The molecule has 6 rings (SSSR count). The van der Waals surface area contributed by atoms with Gasteiger partial charge in [0.15, 0.2) is 5.58 Å². The lowest BCUT2D eigenvalue weighted by atomic mass is 10.0. The van der Waals surface area contributed by atoms with Gasteiger partial charge in [0.25, 0.3) is 0 Å². The second-order valence-corrected chi connectivity index (χ2v) is 8.90. The molecule has 6 aromatic rings. The van der Waals surface area contributed by atoms with Crippen LogP contribution in [0.25, 0.3) is 33.1 Å². The molecule has 0 fully saturated rings. The molecule has 5 aromatic carbocycles. The molecule has 0 atom stereocenters. The van der Waals surface area contributed by atoms with Gasteiger partial charge in [-0.3, -0.25) is 0 Å². The van der Waals surface area contributed by atoms with E-state index in [1.807, 2.05) is 24.3 Å². The monoisotopic (exact) mass is 489 g/mol. The Kier molecular flexibility index (Phi) is 4.97. The van der Waals surface area contributed by atoms with Crippen LogP contribution in [-0.2, 0) is 0 Å². The molecule has 0 radical (unpaired) electrons. The molecule has 1 aromatic heterocycles. The summed E-state index contributed by atoms with van der Waals surface area (Å²) in [7, 11) is 0. The zero-order valence-electron chi connectivity index (χ0n) is 17.8. The van der Waals surface area contributed by atoms with Crippen molar-refractivity contribution >= 4 is 54.9 Å². The molecule has 3 heteroatoms. The molecule has 158 valence electrons. The lowest BCUT2D eigenvalue weighted by Gasteiger charge is -2.25. The minimum atomic E-state index is 0.876. The van der Waals surface area contributed by atoms with Gasteiger partial charge in [-0.2, -0.15) is 0 Å². The van der Waals surface area contributed by atoms with Crippen molar-refractivity contribution in [1.29, 1.82) is 0 Å². The summed E-state index contributed by atoms with van der Waals surface area (Å²) in [5.41, 5.74) is 7.33. The Morgan fingerprint density at radius 1 is 0.545 bits per heavy atom. The molecule has 0 spiro atoms. The first-order valence-electron chi connectivity index (χ1n) is 10.9. The van der Waals surface area contributed by atoms with Crippen LogP contribution in [0.4, 0.5) is 17.1 Å². The van der Waals surface area contributed by atoms with Crippen molar-refractivity contribution in [2.75, 3.05) is 4.90 Å². The third-order valence-corrected chi connectivity index (χ3v) is 6.42. The van der Waals surface area contributed by atoms with Gasteiger partial charge in [-0.05, 0) is 59.7 Å². The molecule has 0 amide bonds. The van der Waals surface area contributed by atoms with Gasteiger partial charge in [0, 0.05) is 26.6 Å². The summed E-state index contributed by atoms with van der Waals surface area (Å²) in [6.07, 6.45) is 0. The Morgan fingerprint density at radius 2 is 1.21 bits per heavy atom.